The number of anilines is 3. The van der Waals surface area contributed by atoms with Crippen LogP contribution in [0.1, 0.15) is 33.1 Å². The summed E-state index contributed by atoms with van der Waals surface area (Å²) < 4.78 is 0. The molecule has 1 aromatic rings. The van der Waals surface area contributed by atoms with Crippen molar-refractivity contribution in [3.05, 3.63) is 18.2 Å². The predicted molar refractivity (Wildman–Crippen MR) is 70.3 cm³/mol. The molecule has 0 amide bonds. The molecular weight excluding hydrogens is 198 g/mol. The van der Waals surface area contributed by atoms with Gasteiger partial charge in [0.1, 0.15) is 0 Å². The summed E-state index contributed by atoms with van der Waals surface area (Å²) in [6.45, 7) is 4.65. The number of hydrogen-bond donors (Lipinski definition) is 3. The molecule has 0 bridgehead atoms. The Morgan fingerprint density at radius 3 is 2.56 bits per heavy atom. The molecule has 1 aliphatic carbocycles. The van der Waals surface area contributed by atoms with Crippen LogP contribution >= 0.6 is 0 Å². The fraction of sp³-hybridized carbons (Fsp3) is 0.538. The van der Waals surface area contributed by atoms with Crippen LogP contribution in [0.5, 0.6) is 0 Å². The van der Waals surface area contributed by atoms with Crippen molar-refractivity contribution in [3.8, 4) is 0 Å². The fourth-order valence-corrected chi connectivity index (χ4v) is 2.46. The van der Waals surface area contributed by atoms with Crippen molar-refractivity contribution in [1.82, 2.24) is 0 Å². The lowest BCUT2D eigenvalue weighted by atomic mass is 9.92. The van der Waals surface area contributed by atoms with Crippen molar-refractivity contribution in [2.24, 2.45) is 5.41 Å². The van der Waals surface area contributed by atoms with Gasteiger partial charge in [0.25, 0.3) is 0 Å². The van der Waals surface area contributed by atoms with E-state index >= 15 is 0 Å². The first-order valence-corrected chi connectivity index (χ1v) is 5.88. The predicted octanol–water partition coefficient (Wildman–Crippen LogP) is 2.84. The van der Waals surface area contributed by atoms with Crippen LogP contribution in [0.15, 0.2) is 18.2 Å². The summed E-state index contributed by atoms with van der Waals surface area (Å²) in [5, 5.41) is 3.53. The largest absolute Gasteiger partial charge is 0.397 e. The van der Waals surface area contributed by atoms with Crippen LogP contribution in [-0.4, -0.2) is 6.04 Å². The molecular formula is C13H21N3. The molecule has 1 saturated carbocycles. The van der Waals surface area contributed by atoms with Gasteiger partial charge in [0.05, 0.1) is 11.4 Å². The number of hydrogen-bond acceptors (Lipinski definition) is 3. The van der Waals surface area contributed by atoms with Gasteiger partial charge >= 0.3 is 0 Å². The number of nitrogens with two attached hydrogens (primary N) is 2. The first-order valence-electron chi connectivity index (χ1n) is 5.88. The van der Waals surface area contributed by atoms with E-state index < -0.39 is 0 Å². The molecule has 0 saturated heterocycles. The van der Waals surface area contributed by atoms with Gasteiger partial charge in [0, 0.05) is 11.7 Å². The molecule has 16 heavy (non-hydrogen) atoms. The third kappa shape index (κ3) is 2.40. The molecule has 0 aliphatic heterocycles. The third-order valence-corrected chi connectivity index (χ3v) is 3.43. The van der Waals surface area contributed by atoms with Gasteiger partial charge in [0.2, 0.25) is 0 Å². The number of rotatable bonds is 2. The van der Waals surface area contributed by atoms with E-state index in [-0.39, 0.29) is 0 Å². The number of nitrogen functional groups attached to an aromatic ring is 2. The minimum Gasteiger partial charge on any atom is -0.397 e. The van der Waals surface area contributed by atoms with E-state index in [1.165, 1.54) is 19.3 Å². The second kappa shape index (κ2) is 3.89. The van der Waals surface area contributed by atoms with Crippen LogP contribution in [0, 0.1) is 5.41 Å². The van der Waals surface area contributed by atoms with Crippen molar-refractivity contribution in [1.29, 1.82) is 0 Å². The highest BCUT2D eigenvalue weighted by Crippen LogP contribution is 2.38. The summed E-state index contributed by atoms with van der Waals surface area (Å²) in [5.74, 6) is 0. The Balaban J connectivity index is 2.02. The van der Waals surface area contributed by atoms with E-state index in [1.807, 2.05) is 18.2 Å². The highest BCUT2D eigenvalue weighted by atomic mass is 14.9. The average Bonchev–Trinajstić information content (AvgIpc) is 2.52. The number of benzene rings is 1. The zero-order valence-corrected chi connectivity index (χ0v) is 10.1. The maximum absolute atomic E-state index is 5.78. The maximum atomic E-state index is 5.78. The van der Waals surface area contributed by atoms with E-state index in [0.29, 0.717) is 22.8 Å². The minimum absolute atomic E-state index is 0.469. The molecule has 1 aromatic carbocycles. The molecule has 1 fully saturated rings. The zero-order valence-electron chi connectivity index (χ0n) is 10.1. The van der Waals surface area contributed by atoms with Crippen LogP contribution in [0.2, 0.25) is 0 Å². The number of nitrogens with one attached hydrogen (secondary N) is 1. The van der Waals surface area contributed by atoms with Crippen molar-refractivity contribution in [2.45, 2.75) is 39.2 Å². The van der Waals surface area contributed by atoms with Gasteiger partial charge in [-0.3, -0.25) is 0 Å². The normalized spacial score (nSPS) is 23.2. The molecule has 2 rings (SSSR count). The second-order valence-electron chi connectivity index (χ2n) is 5.59. The lowest BCUT2D eigenvalue weighted by molar-refractivity contribution is 0.378. The standard InChI is InChI=1S/C13H21N3/c1-13(2)6-5-10(8-13)16-9-3-4-11(14)12(15)7-9/h3-4,7,10,16H,5-6,8,14-15H2,1-2H3. The molecule has 88 valence electrons. The molecule has 1 atom stereocenters. The molecule has 0 spiro atoms. The zero-order chi connectivity index (χ0) is 11.8. The van der Waals surface area contributed by atoms with Crippen LogP contribution in [-0.2, 0) is 0 Å². The summed E-state index contributed by atoms with van der Waals surface area (Å²) in [5.41, 5.74) is 14.3. The lowest BCUT2D eigenvalue weighted by Crippen LogP contribution is -2.17. The summed E-state index contributed by atoms with van der Waals surface area (Å²) in [7, 11) is 0. The topological polar surface area (TPSA) is 64.1 Å². The van der Waals surface area contributed by atoms with Gasteiger partial charge in [-0.1, -0.05) is 13.8 Å². The monoisotopic (exact) mass is 219 g/mol. The first kappa shape index (κ1) is 11.1. The van der Waals surface area contributed by atoms with Crippen molar-refractivity contribution in [3.63, 3.8) is 0 Å². The Kier molecular flexibility index (Phi) is 2.70. The molecule has 0 heterocycles. The third-order valence-electron chi connectivity index (χ3n) is 3.43. The van der Waals surface area contributed by atoms with E-state index in [9.17, 15) is 0 Å². The van der Waals surface area contributed by atoms with Gasteiger partial charge in [-0.05, 0) is 42.9 Å². The van der Waals surface area contributed by atoms with Crippen molar-refractivity contribution >= 4 is 17.1 Å². The molecule has 3 heteroatoms. The van der Waals surface area contributed by atoms with E-state index in [2.05, 4.69) is 19.2 Å². The SMILES string of the molecule is CC1(C)CCC(Nc2ccc(N)c(N)c2)C1. The quantitative estimate of drug-likeness (QED) is 0.670. The Bertz CT molecular complexity index is 385. The summed E-state index contributed by atoms with van der Waals surface area (Å²) in [6, 6.07) is 6.34. The Labute approximate surface area is 97.2 Å². The van der Waals surface area contributed by atoms with E-state index in [1.54, 1.807) is 0 Å². The molecule has 0 radical (unpaired) electrons. The van der Waals surface area contributed by atoms with Gasteiger partial charge in [0.15, 0.2) is 0 Å². The van der Waals surface area contributed by atoms with Gasteiger partial charge < -0.3 is 16.8 Å². The van der Waals surface area contributed by atoms with Crippen molar-refractivity contribution < 1.29 is 0 Å². The van der Waals surface area contributed by atoms with E-state index in [0.717, 1.165) is 5.69 Å². The maximum Gasteiger partial charge on any atom is 0.0568 e. The van der Waals surface area contributed by atoms with Crippen molar-refractivity contribution in [2.75, 3.05) is 16.8 Å². The molecule has 0 aromatic heterocycles. The Morgan fingerprint density at radius 1 is 1.25 bits per heavy atom. The summed E-state index contributed by atoms with van der Waals surface area (Å²) in [4.78, 5) is 0. The van der Waals surface area contributed by atoms with Crippen LogP contribution in [0.25, 0.3) is 0 Å². The van der Waals surface area contributed by atoms with Crippen LogP contribution in [0.4, 0.5) is 17.1 Å². The highest BCUT2D eigenvalue weighted by Gasteiger charge is 2.30. The average molecular weight is 219 g/mol. The van der Waals surface area contributed by atoms with Crippen LogP contribution in [0.3, 0.4) is 0 Å². The van der Waals surface area contributed by atoms with Gasteiger partial charge in [-0.2, -0.15) is 0 Å². The molecule has 1 aliphatic rings. The van der Waals surface area contributed by atoms with Gasteiger partial charge in [-0.25, -0.2) is 0 Å². The second-order valence-corrected chi connectivity index (χ2v) is 5.59. The smallest absolute Gasteiger partial charge is 0.0568 e. The lowest BCUT2D eigenvalue weighted by Gasteiger charge is -2.19. The molecule has 3 nitrogen and oxygen atoms in total. The molecule has 1 unspecified atom stereocenters. The first-order chi connectivity index (χ1) is 7.46. The van der Waals surface area contributed by atoms with Gasteiger partial charge in [-0.15, -0.1) is 0 Å². The Hall–Kier alpha value is -1.38. The minimum atomic E-state index is 0.469. The summed E-state index contributed by atoms with van der Waals surface area (Å²) in [6.07, 6.45) is 3.74. The Morgan fingerprint density at radius 2 is 2.00 bits per heavy atom. The highest BCUT2D eigenvalue weighted by molar-refractivity contribution is 5.69. The summed E-state index contributed by atoms with van der Waals surface area (Å²) >= 11 is 0. The van der Waals surface area contributed by atoms with Crippen LogP contribution < -0.4 is 16.8 Å². The fourth-order valence-electron chi connectivity index (χ4n) is 2.46. The molecule has 5 N–H and O–H groups in total. The van der Waals surface area contributed by atoms with E-state index in [4.69, 9.17) is 11.5 Å².